The molecule has 0 saturated heterocycles. The van der Waals surface area contributed by atoms with Crippen LogP contribution in [0.2, 0.25) is 0 Å². The predicted octanol–water partition coefficient (Wildman–Crippen LogP) is 3.30. The minimum absolute atomic E-state index is 0.138. The van der Waals surface area contributed by atoms with Crippen LogP contribution in [0.25, 0.3) is 10.6 Å². The lowest BCUT2D eigenvalue weighted by atomic mass is 10.1. The van der Waals surface area contributed by atoms with E-state index in [0.29, 0.717) is 34.9 Å². The van der Waals surface area contributed by atoms with Crippen molar-refractivity contribution in [2.24, 2.45) is 0 Å². The normalized spacial score (nSPS) is 12.7. The summed E-state index contributed by atoms with van der Waals surface area (Å²) in [5.41, 5.74) is 1.56. The van der Waals surface area contributed by atoms with Gasteiger partial charge in [-0.25, -0.2) is 4.39 Å². The molecule has 132 valence electrons. The number of carbonyl (C=O) groups is 1. The van der Waals surface area contributed by atoms with E-state index in [4.69, 9.17) is 9.47 Å². The lowest BCUT2D eigenvalue weighted by Gasteiger charge is -2.18. The van der Waals surface area contributed by atoms with Gasteiger partial charge in [0.1, 0.15) is 24.0 Å². The van der Waals surface area contributed by atoms with E-state index in [2.05, 4.69) is 15.5 Å². The minimum atomic E-state index is -0.331. The smallest absolute Gasteiger partial charge is 0.230 e. The topological polar surface area (TPSA) is 73.3 Å². The SMILES string of the molecule is O=C(Cc1ccc(F)cc1)Nc1nnc(-c2ccc3c(c2)OCCO3)s1. The third-order valence-electron chi connectivity index (χ3n) is 3.74. The Morgan fingerprint density at radius 2 is 1.85 bits per heavy atom. The van der Waals surface area contributed by atoms with Gasteiger partial charge < -0.3 is 14.8 Å². The van der Waals surface area contributed by atoms with Gasteiger partial charge in [0.25, 0.3) is 0 Å². The summed E-state index contributed by atoms with van der Waals surface area (Å²) in [7, 11) is 0. The Labute approximate surface area is 152 Å². The number of nitrogens with one attached hydrogen (secondary N) is 1. The number of benzene rings is 2. The van der Waals surface area contributed by atoms with Crippen LogP contribution in [0.3, 0.4) is 0 Å². The number of ether oxygens (including phenoxy) is 2. The van der Waals surface area contributed by atoms with E-state index < -0.39 is 0 Å². The molecule has 26 heavy (non-hydrogen) atoms. The summed E-state index contributed by atoms with van der Waals surface area (Å²) in [5.74, 6) is 0.812. The number of hydrogen-bond acceptors (Lipinski definition) is 6. The van der Waals surface area contributed by atoms with E-state index in [-0.39, 0.29) is 18.1 Å². The molecule has 1 N–H and O–H groups in total. The molecule has 2 aromatic carbocycles. The Kier molecular flexibility index (Phi) is 4.49. The number of nitrogens with zero attached hydrogens (tertiary/aromatic N) is 2. The molecule has 0 saturated carbocycles. The highest BCUT2D eigenvalue weighted by Crippen LogP contribution is 2.36. The van der Waals surface area contributed by atoms with Gasteiger partial charge in [-0.2, -0.15) is 0 Å². The van der Waals surface area contributed by atoms with Crippen molar-refractivity contribution in [3.63, 3.8) is 0 Å². The van der Waals surface area contributed by atoms with Crippen LogP contribution in [0.5, 0.6) is 11.5 Å². The zero-order valence-electron chi connectivity index (χ0n) is 13.6. The van der Waals surface area contributed by atoms with Gasteiger partial charge in [0.05, 0.1) is 6.42 Å². The fourth-order valence-corrected chi connectivity index (χ4v) is 3.27. The highest BCUT2D eigenvalue weighted by molar-refractivity contribution is 7.18. The molecule has 0 spiro atoms. The van der Waals surface area contributed by atoms with Gasteiger partial charge in [-0.1, -0.05) is 23.5 Å². The van der Waals surface area contributed by atoms with Crippen molar-refractivity contribution in [3.05, 3.63) is 53.8 Å². The third kappa shape index (κ3) is 3.65. The molecule has 0 unspecified atom stereocenters. The van der Waals surface area contributed by atoms with Crippen molar-refractivity contribution in [2.45, 2.75) is 6.42 Å². The summed E-state index contributed by atoms with van der Waals surface area (Å²) < 4.78 is 24.0. The molecule has 1 aromatic heterocycles. The monoisotopic (exact) mass is 371 g/mol. The lowest BCUT2D eigenvalue weighted by Crippen LogP contribution is -2.15. The Balaban J connectivity index is 1.44. The van der Waals surface area contributed by atoms with Crippen LogP contribution in [-0.2, 0) is 11.2 Å². The van der Waals surface area contributed by atoms with Crippen molar-refractivity contribution >= 4 is 22.4 Å². The maximum Gasteiger partial charge on any atom is 0.230 e. The molecule has 1 aliphatic heterocycles. The van der Waals surface area contributed by atoms with Crippen molar-refractivity contribution in [1.82, 2.24) is 10.2 Å². The van der Waals surface area contributed by atoms with Gasteiger partial charge in [0, 0.05) is 5.56 Å². The summed E-state index contributed by atoms with van der Waals surface area (Å²) in [6, 6.07) is 11.4. The van der Waals surface area contributed by atoms with E-state index in [1.54, 1.807) is 12.1 Å². The molecule has 1 amide bonds. The van der Waals surface area contributed by atoms with E-state index in [9.17, 15) is 9.18 Å². The number of rotatable bonds is 4. The number of fused-ring (bicyclic) bond motifs is 1. The Bertz CT molecular complexity index is 943. The zero-order chi connectivity index (χ0) is 17.9. The predicted molar refractivity (Wildman–Crippen MR) is 95.1 cm³/mol. The first kappa shape index (κ1) is 16.5. The summed E-state index contributed by atoms with van der Waals surface area (Å²) in [5, 5.41) is 11.9. The second kappa shape index (κ2) is 7.09. The van der Waals surface area contributed by atoms with Crippen LogP contribution in [0.15, 0.2) is 42.5 Å². The van der Waals surface area contributed by atoms with Gasteiger partial charge in [-0.15, -0.1) is 10.2 Å². The molecule has 0 fully saturated rings. The fraction of sp³-hybridized carbons (Fsp3) is 0.167. The molecular weight excluding hydrogens is 357 g/mol. The van der Waals surface area contributed by atoms with Gasteiger partial charge in [0.2, 0.25) is 11.0 Å². The number of halogens is 1. The Hall–Kier alpha value is -3.00. The average molecular weight is 371 g/mol. The first-order chi connectivity index (χ1) is 12.7. The number of anilines is 1. The molecule has 8 heteroatoms. The Morgan fingerprint density at radius 1 is 1.08 bits per heavy atom. The fourth-order valence-electron chi connectivity index (χ4n) is 2.52. The first-order valence-electron chi connectivity index (χ1n) is 7.95. The van der Waals surface area contributed by atoms with Gasteiger partial charge in [-0.3, -0.25) is 4.79 Å². The van der Waals surface area contributed by atoms with E-state index in [1.807, 2.05) is 18.2 Å². The molecule has 2 heterocycles. The molecule has 6 nitrogen and oxygen atoms in total. The van der Waals surface area contributed by atoms with Crippen LogP contribution in [-0.4, -0.2) is 29.3 Å². The first-order valence-corrected chi connectivity index (χ1v) is 8.77. The molecular formula is C18H14FN3O3S. The van der Waals surface area contributed by atoms with E-state index in [1.165, 1.54) is 23.5 Å². The van der Waals surface area contributed by atoms with Gasteiger partial charge >= 0.3 is 0 Å². The third-order valence-corrected chi connectivity index (χ3v) is 4.63. The average Bonchev–Trinajstić information content (AvgIpc) is 3.11. The molecule has 0 aliphatic carbocycles. The summed E-state index contributed by atoms with van der Waals surface area (Å²) in [6.45, 7) is 1.05. The lowest BCUT2D eigenvalue weighted by molar-refractivity contribution is -0.115. The molecule has 3 aromatic rings. The van der Waals surface area contributed by atoms with Gasteiger partial charge in [-0.05, 0) is 35.9 Å². The Morgan fingerprint density at radius 3 is 2.65 bits per heavy atom. The van der Waals surface area contributed by atoms with E-state index >= 15 is 0 Å². The van der Waals surface area contributed by atoms with Crippen LogP contribution < -0.4 is 14.8 Å². The van der Waals surface area contributed by atoms with Crippen LogP contribution in [0.4, 0.5) is 9.52 Å². The standard InChI is InChI=1S/C18H14FN3O3S/c19-13-4-1-11(2-5-13)9-16(23)20-18-22-21-17(26-18)12-3-6-14-15(10-12)25-8-7-24-14/h1-6,10H,7-9H2,(H,20,22,23). The van der Waals surface area contributed by atoms with Crippen molar-refractivity contribution < 1.29 is 18.7 Å². The quantitative estimate of drug-likeness (QED) is 0.762. The summed E-state index contributed by atoms with van der Waals surface area (Å²) >= 11 is 1.27. The minimum Gasteiger partial charge on any atom is -0.486 e. The highest BCUT2D eigenvalue weighted by Gasteiger charge is 2.15. The van der Waals surface area contributed by atoms with Crippen LogP contribution >= 0.6 is 11.3 Å². The second-order valence-electron chi connectivity index (χ2n) is 5.62. The van der Waals surface area contributed by atoms with Crippen LogP contribution in [0, 0.1) is 5.82 Å². The van der Waals surface area contributed by atoms with E-state index in [0.717, 1.165) is 11.1 Å². The molecule has 0 radical (unpaired) electrons. The molecule has 0 bridgehead atoms. The maximum absolute atomic E-state index is 12.9. The number of hydrogen-bond donors (Lipinski definition) is 1. The number of amides is 1. The van der Waals surface area contributed by atoms with Crippen molar-refractivity contribution in [2.75, 3.05) is 18.5 Å². The summed E-state index contributed by atoms with van der Waals surface area (Å²) in [6.07, 6.45) is 0.138. The van der Waals surface area contributed by atoms with Crippen molar-refractivity contribution in [1.29, 1.82) is 0 Å². The summed E-state index contributed by atoms with van der Waals surface area (Å²) in [4.78, 5) is 12.1. The largest absolute Gasteiger partial charge is 0.486 e. The molecule has 1 aliphatic rings. The number of carbonyl (C=O) groups excluding carboxylic acids is 1. The van der Waals surface area contributed by atoms with Crippen molar-refractivity contribution in [3.8, 4) is 22.1 Å². The maximum atomic E-state index is 12.9. The molecule has 0 atom stereocenters. The zero-order valence-corrected chi connectivity index (χ0v) is 14.4. The van der Waals surface area contributed by atoms with Crippen LogP contribution in [0.1, 0.15) is 5.56 Å². The number of aromatic nitrogens is 2. The second-order valence-corrected chi connectivity index (χ2v) is 6.60. The van der Waals surface area contributed by atoms with Gasteiger partial charge in [0.15, 0.2) is 11.5 Å². The highest BCUT2D eigenvalue weighted by atomic mass is 32.1. The molecule has 4 rings (SSSR count).